The van der Waals surface area contributed by atoms with Gasteiger partial charge in [-0.25, -0.2) is 0 Å². The van der Waals surface area contributed by atoms with Crippen molar-refractivity contribution < 1.29 is 0 Å². The van der Waals surface area contributed by atoms with E-state index in [0.29, 0.717) is 31.0 Å². The Bertz CT molecular complexity index is 1760. The predicted octanol–water partition coefficient (Wildman–Crippen LogP) is 20.1. The van der Waals surface area contributed by atoms with E-state index in [1.165, 1.54) is 0 Å². The molecule has 0 fully saturated rings. The SMILES string of the molecule is C[Si](C)(C)C(c1cc(C([Si](C)(C)C)[Si](C)(C)C)[c]([Pb]([Br])([Br])[c]2c(C([Si](C)(C)C)[Si](C)(C)C)cc(C([Si](C)(C)C)[Si](C)(C)C)cc2C([Si](C)(C)C)[Si](C)(C)C)c(C([Si](C)(C)C)[Si](C)(C)C)c1)[Si](C)(C)C. The van der Waals surface area contributed by atoms with Gasteiger partial charge in [-0.2, -0.15) is 0 Å². The van der Waals surface area contributed by atoms with E-state index < -0.39 is 113 Å². The molecule has 0 bridgehead atoms. The Labute approximate surface area is 462 Å². The quantitative estimate of drug-likeness (QED) is 0.116. The number of halogens is 2. The van der Waals surface area contributed by atoms with Gasteiger partial charge in [0.25, 0.3) is 0 Å². The summed E-state index contributed by atoms with van der Waals surface area (Å²) in [7, 11) is -20.9. The van der Waals surface area contributed by atoms with E-state index in [1.54, 1.807) is 11.1 Å². The van der Waals surface area contributed by atoms with Crippen molar-refractivity contribution in [1.82, 2.24) is 0 Å². The summed E-state index contributed by atoms with van der Waals surface area (Å²) in [4.78, 5) is 0. The number of hydrogen-bond donors (Lipinski definition) is 0. The summed E-state index contributed by atoms with van der Waals surface area (Å²) in [5, 5.41) is 4.04. The van der Waals surface area contributed by atoms with Gasteiger partial charge in [-0.1, -0.05) is 0 Å². The van der Waals surface area contributed by atoms with Gasteiger partial charge in [0.05, 0.1) is 0 Å². The zero-order chi connectivity index (χ0) is 55.4. The second-order valence-corrected chi connectivity index (χ2v) is 141. The molecule has 0 nitrogen and oxygen atoms in total. The third-order valence-corrected chi connectivity index (χ3v) is 94.4. The van der Waals surface area contributed by atoms with Gasteiger partial charge in [-0.05, 0) is 0 Å². The minimum absolute atomic E-state index is 0.657. The Balaban J connectivity index is 4.17. The van der Waals surface area contributed by atoms with Crippen LogP contribution in [0.15, 0.2) is 24.3 Å². The van der Waals surface area contributed by atoms with E-state index in [2.05, 4.69) is 260 Å². The molecule has 0 aliphatic heterocycles. The summed E-state index contributed by atoms with van der Waals surface area (Å²) in [6, 6.07) is 12.1. The summed E-state index contributed by atoms with van der Waals surface area (Å²) in [6.45, 7) is 99.2. The molecule has 0 amide bonds. The molecule has 0 aliphatic carbocycles. The first-order valence-corrected chi connectivity index (χ1v) is 91.1. The molecule has 0 radical (unpaired) electrons. The maximum atomic E-state index is 5.39. The third kappa shape index (κ3) is 16.5. The van der Waals surface area contributed by atoms with Crippen molar-refractivity contribution in [3.63, 3.8) is 0 Å². The number of rotatable bonds is 20. The maximum absolute atomic E-state index is 5.39. The number of hydrogen-bond acceptors (Lipinski definition) is 0. The van der Waals surface area contributed by atoms with E-state index in [1.807, 2.05) is 28.5 Å². The molecule has 69 heavy (non-hydrogen) atoms. The zero-order valence-corrected chi connectivity index (χ0v) is 72.1. The van der Waals surface area contributed by atoms with Gasteiger partial charge in [0.2, 0.25) is 0 Å². The van der Waals surface area contributed by atoms with Gasteiger partial charge in [-0.15, -0.1) is 0 Å². The molecule has 2 rings (SSSR count). The summed E-state index contributed by atoms with van der Waals surface area (Å²) < 4.78 is 3.80. The molecule has 400 valence electrons. The molecule has 0 N–H and O–H groups in total. The second-order valence-electron chi connectivity index (χ2n) is 35.7. The molecule has 0 saturated carbocycles. The van der Waals surface area contributed by atoms with E-state index in [9.17, 15) is 0 Å². The van der Waals surface area contributed by atoms with Crippen LogP contribution in [0.1, 0.15) is 64.4 Å². The molecular weight excluding hydrogens is 1350 g/mol. The first kappa shape index (κ1) is 68.0. The first-order chi connectivity index (χ1) is 29.6. The van der Waals surface area contributed by atoms with E-state index in [0.717, 1.165) is 0 Å². The van der Waals surface area contributed by atoms with Crippen molar-refractivity contribution >= 4 is 143 Å². The Kier molecular flexibility index (Phi) is 21.2. The van der Waals surface area contributed by atoms with Crippen LogP contribution in [0.5, 0.6) is 0 Å². The van der Waals surface area contributed by atoms with Crippen LogP contribution in [0.25, 0.3) is 0 Å². The average Bonchev–Trinajstić information content (AvgIpc) is 2.91. The van der Waals surface area contributed by atoms with Gasteiger partial charge in [0, 0.05) is 0 Å². The molecule has 15 heteroatoms. The fourth-order valence-electron chi connectivity index (χ4n) is 17.0. The standard InChI is InChI=1S/2C27H59Si6.2BrH.Pb/c2*1-28(2,3)25(29(4,5)6)22-19-23(26(30(7,8)9)31(10,11)12)21-24(20-22)27(32(13,14)15)33(16,17)18;;;/h2*19-20,25-27H,1-18H3;2*1H;/q;;;;+2/p-2. The van der Waals surface area contributed by atoms with E-state index >= 15 is 0 Å². The molecule has 0 heterocycles. The average molecular weight is 1470 g/mol. The molecule has 0 spiro atoms. The molecule has 0 aliphatic rings. The molecule has 2 aromatic carbocycles. The molecule has 0 atom stereocenters. The summed E-state index contributed by atoms with van der Waals surface area (Å²) in [6.07, 6.45) is 0. The van der Waals surface area contributed by atoms with Gasteiger partial charge >= 0.3 is 468 Å². The van der Waals surface area contributed by atoms with Gasteiger partial charge in [0.1, 0.15) is 0 Å². The molecule has 0 saturated heterocycles. The monoisotopic (exact) mass is 1470 g/mol. The normalized spacial score (nSPS) is 15.6. The first-order valence-electron chi connectivity index (χ1n) is 27.4. The Morgan fingerprint density at radius 1 is 0.232 bits per heavy atom. The third-order valence-electron chi connectivity index (χ3n) is 15.4. The van der Waals surface area contributed by atoms with Gasteiger partial charge in [-0.3, -0.25) is 0 Å². The van der Waals surface area contributed by atoms with Crippen molar-refractivity contribution in [1.29, 1.82) is 0 Å². The van der Waals surface area contributed by atoms with Crippen molar-refractivity contribution in [3.05, 3.63) is 57.6 Å². The zero-order valence-electron chi connectivity index (χ0n) is 53.0. The van der Waals surface area contributed by atoms with Crippen molar-refractivity contribution in [2.24, 2.45) is 0 Å². The van der Waals surface area contributed by atoms with Crippen LogP contribution in [-0.2, 0) is 0 Å². The predicted molar refractivity (Wildman–Crippen MR) is 372 cm³/mol. The Hall–Kier alpha value is 2.92. The Morgan fingerprint density at radius 3 is 0.449 bits per heavy atom. The second kappa shape index (κ2) is 21.5. The molecule has 0 aromatic heterocycles. The van der Waals surface area contributed by atoms with Crippen LogP contribution < -0.4 is 6.25 Å². The van der Waals surface area contributed by atoms with Crippen LogP contribution in [-0.4, -0.2) is 113 Å². The molecule has 2 aromatic rings. The summed E-state index contributed by atoms with van der Waals surface area (Å²) in [5.74, 6) is 0. The topological polar surface area (TPSA) is 0 Å². The fraction of sp³-hybridized carbons (Fsp3) is 0.778. The van der Waals surface area contributed by atoms with Crippen LogP contribution >= 0.6 is 24.0 Å². The van der Waals surface area contributed by atoms with Crippen molar-refractivity contribution in [2.45, 2.75) is 267 Å². The van der Waals surface area contributed by atoms with Crippen LogP contribution in [0, 0.1) is 0 Å². The summed E-state index contributed by atoms with van der Waals surface area (Å²) >= 11 is 6.36. The van der Waals surface area contributed by atoms with E-state index in [4.69, 9.17) is 24.0 Å². The van der Waals surface area contributed by atoms with Crippen molar-refractivity contribution in [2.75, 3.05) is 0 Å². The number of benzene rings is 2. The Morgan fingerprint density at radius 2 is 0.348 bits per heavy atom. The van der Waals surface area contributed by atoms with Crippen LogP contribution in [0.2, 0.25) is 236 Å². The van der Waals surface area contributed by atoms with Gasteiger partial charge in [0.15, 0.2) is 0 Å². The molecular formula is C54H118Br2PbSi12. The van der Waals surface area contributed by atoms with Gasteiger partial charge < -0.3 is 0 Å². The van der Waals surface area contributed by atoms with Crippen LogP contribution in [0.4, 0.5) is 0 Å². The van der Waals surface area contributed by atoms with Crippen LogP contribution in [0.3, 0.4) is 0 Å². The summed E-state index contributed by atoms with van der Waals surface area (Å²) in [5.41, 5.74) is 11.0. The fourth-order valence-corrected chi connectivity index (χ4v) is 124. The molecule has 0 unspecified atom stereocenters. The van der Waals surface area contributed by atoms with E-state index in [-0.39, 0.29) is 0 Å². The van der Waals surface area contributed by atoms with Crippen molar-refractivity contribution in [3.8, 4) is 0 Å². The minimum atomic E-state index is -4.41.